The Morgan fingerprint density at radius 3 is 2.93 bits per heavy atom. The van der Waals surface area contributed by atoms with Crippen molar-refractivity contribution in [3.05, 3.63) is 65.6 Å². The van der Waals surface area contributed by atoms with E-state index in [0.717, 1.165) is 29.7 Å². The summed E-state index contributed by atoms with van der Waals surface area (Å²) < 4.78 is 7.89. The number of rotatable bonds is 7. The second-order valence-electron chi connectivity index (χ2n) is 7.15. The summed E-state index contributed by atoms with van der Waals surface area (Å²) in [5, 5.41) is 2.92. The molecule has 0 spiro atoms. The summed E-state index contributed by atoms with van der Waals surface area (Å²) in [5.74, 6) is 0.937. The molecule has 2 heterocycles. The number of hydrogen-bond donors (Lipinski definition) is 2. The number of nitrogens with one attached hydrogen (secondary N) is 1. The third kappa shape index (κ3) is 3.95. The lowest BCUT2D eigenvalue weighted by Gasteiger charge is -2.14. The second kappa shape index (κ2) is 7.40. The van der Waals surface area contributed by atoms with Crippen LogP contribution in [0.1, 0.15) is 34.5 Å². The quantitative estimate of drug-likeness (QED) is 0.675. The van der Waals surface area contributed by atoms with Crippen molar-refractivity contribution in [1.82, 2.24) is 14.7 Å². The first-order chi connectivity index (χ1) is 13.1. The van der Waals surface area contributed by atoms with E-state index in [-0.39, 0.29) is 11.9 Å². The molecule has 6 nitrogen and oxygen atoms in total. The molecular formula is C21H24N4O2. The van der Waals surface area contributed by atoms with Gasteiger partial charge in [0.05, 0.1) is 11.3 Å². The summed E-state index contributed by atoms with van der Waals surface area (Å²) in [6, 6.07) is 11.3. The zero-order valence-electron chi connectivity index (χ0n) is 15.4. The van der Waals surface area contributed by atoms with Crippen LogP contribution in [0.3, 0.4) is 0 Å². The normalized spacial score (nSPS) is 14.9. The molecule has 0 saturated heterocycles. The Labute approximate surface area is 158 Å². The van der Waals surface area contributed by atoms with Crippen molar-refractivity contribution in [3.63, 3.8) is 0 Å². The van der Waals surface area contributed by atoms with Gasteiger partial charge in [-0.1, -0.05) is 18.2 Å². The predicted octanol–water partition coefficient (Wildman–Crippen LogP) is 2.69. The summed E-state index contributed by atoms with van der Waals surface area (Å²) in [6.07, 6.45) is 6.23. The van der Waals surface area contributed by atoms with E-state index in [9.17, 15) is 4.79 Å². The van der Waals surface area contributed by atoms with E-state index in [2.05, 4.69) is 10.3 Å². The lowest BCUT2D eigenvalue weighted by atomic mass is 10.1. The number of benzene rings is 1. The number of hydrogen-bond acceptors (Lipinski definition) is 4. The number of ether oxygens (including phenoxy) is 1. The van der Waals surface area contributed by atoms with Crippen LogP contribution in [0, 0.1) is 12.8 Å². The Kier molecular flexibility index (Phi) is 4.81. The van der Waals surface area contributed by atoms with E-state index in [4.69, 9.17) is 10.5 Å². The van der Waals surface area contributed by atoms with Crippen LogP contribution in [-0.2, 0) is 6.61 Å². The first kappa shape index (κ1) is 17.5. The SMILES string of the molecule is Cc1cccn2cc(COc3ccccc3C(=O)NCC(N)C3CC3)nc12. The lowest BCUT2D eigenvalue weighted by Crippen LogP contribution is -2.38. The number of aryl methyl sites for hydroxylation is 1. The van der Waals surface area contributed by atoms with Gasteiger partial charge in [-0.2, -0.15) is 0 Å². The molecule has 1 aliphatic carbocycles. The molecule has 0 radical (unpaired) electrons. The summed E-state index contributed by atoms with van der Waals surface area (Å²) >= 11 is 0. The highest BCUT2D eigenvalue weighted by atomic mass is 16.5. The number of pyridine rings is 1. The van der Waals surface area contributed by atoms with Gasteiger partial charge < -0.3 is 20.2 Å². The van der Waals surface area contributed by atoms with E-state index in [1.165, 1.54) is 0 Å². The predicted molar refractivity (Wildman–Crippen MR) is 104 cm³/mol. The smallest absolute Gasteiger partial charge is 0.255 e. The maximum Gasteiger partial charge on any atom is 0.255 e. The van der Waals surface area contributed by atoms with Crippen LogP contribution in [0.2, 0.25) is 0 Å². The molecule has 1 aliphatic rings. The summed E-state index contributed by atoms with van der Waals surface area (Å²) in [4.78, 5) is 17.2. The number of carbonyl (C=O) groups excluding carboxylic acids is 1. The van der Waals surface area contributed by atoms with Crippen molar-refractivity contribution in [3.8, 4) is 5.75 Å². The molecule has 27 heavy (non-hydrogen) atoms. The second-order valence-corrected chi connectivity index (χ2v) is 7.15. The zero-order valence-corrected chi connectivity index (χ0v) is 15.4. The van der Waals surface area contributed by atoms with Crippen LogP contribution in [0.4, 0.5) is 0 Å². The third-order valence-corrected chi connectivity index (χ3v) is 4.96. The molecule has 1 fully saturated rings. The number of carbonyl (C=O) groups is 1. The van der Waals surface area contributed by atoms with Crippen molar-refractivity contribution in [2.75, 3.05) is 6.54 Å². The first-order valence-electron chi connectivity index (χ1n) is 9.30. The van der Waals surface area contributed by atoms with Crippen molar-refractivity contribution in [2.24, 2.45) is 11.7 Å². The van der Waals surface area contributed by atoms with Gasteiger partial charge in [0.2, 0.25) is 0 Å². The Hall–Kier alpha value is -2.86. The first-order valence-corrected chi connectivity index (χ1v) is 9.30. The molecular weight excluding hydrogens is 340 g/mol. The number of fused-ring (bicyclic) bond motifs is 1. The Balaban J connectivity index is 1.43. The molecule has 6 heteroatoms. The molecule has 4 rings (SSSR count). The van der Waals surface area contributed by atoms with Crippen LogP contribution in [0.15, 0.2) is 48.8 Å². The van der Waals surface area contributed by atoms with Gasteiger partial charge in [0, 0.05) is 25.0 Å². The summed E-state index contributed by atoms with van der Waals surface area (Å²) in [7, 11) is 0. The Bertz CT molecular complexity index is 962. The van der Waals surface area contributed by atoms with E-state index >= 15 is 0 Å². The van der Waals surface area contributed by atoms with Crippen LogP contribution in [-0.4, -0.2) is 27.9 Å². The fourth-order valence-corrected chi connectivity index (χ4v) is 3.20. The number of para-hydroxylation sites is 1. The van der Waals surface area contributed by atoms with Crippen molar-refractivity contribution in [1.29, 1.82) is 0 Å². The largest absolute Gasteiger partial charge is 0.486 e. The van der Waals surface area contributed by atoms with Crippen LogP contribution < -0.4 is 15.8 Å². The van der Waals surface area contributed by atoms with Gasteiger partial charge in [-0.15, -0.1) is 0 Å². The highest BCUT2D eigenvalue weighted by Crippen LogP contribution is 2.31. The number of aromatic nitrogens is 2. The minimum atomic E-state index is -0.160. The zero-order chi connectivity index (χ0) is 18.8. The lowest BCUT2D eigenvalue weighted by molar-refractivity contribution is 0.0945. The molecule has 1 unspecified atom stereocenters. The van der Waals surface area contributed by atoms with Gasteiger partial charge in [0.25, 0.3) is 5.91 Å². The molecule has 1 amide bonds. The maximum atomic E-state index is 12.5. The van der Waals surface area contributed by atoms with Crippen molar-refractivity contribution >= 4 is 11.6 Å². The van der Waals surface area contributed by atoms with E-state index in [1.807, 2.05) is 48.0 Å². The molecule has 1 aromatic carbocycles. The minimum Gasteiger partial charge on any atom is -0.486 e. The average molecular weight is 364 g/mol. The topological polar surface area (TPSA) is 81.7 Å². The molecule has 0 aliphatic heterocycles. The van der Waals surface area contributed by atoms with Gasteiger partial charge >= 0.3 is 0 Å². The van der Waals surface area contributed by atoms with Gasteiger partial charge in [-0.25, -0.2) is 4.98 Å². The molecule has 1 atom stereocenters. The monoisotopic (exact) mass is 364 g/mol. The molecule has 140 valence electrons. The fraction of sp³-hybridized carbons (Fsp3) is 0.333. The van der Waals surface area contributed by atoms with Gasteiger partial charge in [0.1, 0.15) is 18.0 Å². The van der Waals surface area contributed by atoms with Gasteiger partial charge in [-0.3, -0.25) is 4.79 Å². The average Bonchev–Trinajstić information content (AvgIpc) is 3.44. The maximum absolute atomic E-state index is 12.5. The van der Waals surface area contributed by atoms with E-state index < -0.39 is 0 Å². The summed E-state index contributed by atoms with van der Waals surface area (Å²) in [6.45, 7) is 2.81. The Morgan fingerprint density at radius 2 is 2.15 bits per heavy atom. The third-order valence-electron chi connectivity index (χ3n) is 4.96. The number of nitrogens with two attached hydrogens (primary N) is 1. The van der Waals surface area contributed by atoms with Crippen LogP contribution >= 0.6 is 0 Å². The van der Waals surface area contributed by atoms with Crippen molar-refractivity contribution < 1.29 is 9.53 Å². The van der Waals surface area contributed by atoms with Crippen molar-refractivity contribution in [2.45, 2.75) is 32.4 Å². The number of amides is 1. The molecule has 1 saturated carbocycles. The number of nitrogens with zero attached hydrogens (tertiary/aromatic N) is 2. The fourth-order valence-electron chi connectivity index (χ4n) is 3.20. The van der Waals surface area contributed by atoms with Gasteiger partial charge in [0.15, 0.2) is 0 Å². The summed E-state index contributed by atoms with van der Waals surface area (Å²) in [5.41, 5.74) is 9.42. The minimum absolute atomic E-state index is 0.0308. The Morgan fingerprint density at radius 1 is 1.33 bits per heavy atom. The van der Waals surface area contributed by atoms with E-state index in [1.54, 1.807) is 12.1 Å². The molecule has 3 N–H and O–H groups in total. The van der Waals surface area contributed by atoms with Crippen LogP contribution in [0.25, 0.3) is 5.65 Å². The molecule has 0 bridgehead atoms. The van der Waals surface area contributed by atoms with Gasteiger partial charge in [-0.05, 0) is 49.4 Å². The van der Waals surface area contributed by atoms with Crippen LogP contribution in [0.5, 0.6) is 5.75 Å². The molecule has 3 aromatic rings. The van der Waals surface area contributed by atoms with E-state index in [0.29, 0.717) is 30.4 Å². The highest BCUT2D eigenvalue weighted by Gasteiger charge is 2.28. The highest BCUT2D eigenvalue weighted by molar-refractivity contribution is 5.96. The standard InChI is InChI=1S/C21H24N4O2/c1-14-5-4-10-25-12-16(24-20(14)25)13-27-19-7-3-2-6-17(19)21(26)23-11-18(22)15-8-9-15/h2-7,10,12,15,18H,8-9,11,13,22H2,1H3,(H,23,26). The number of imidazole rings is 1. The molecule has 2 aromatic heterocycles.